The molecule has 0 radical (unpaired) electrons. The quantitative estimate of drug-likeness (QED) is 0.768. The number of nitrogens with zero attached hydrogens (tertiary/aromatic N) is 1. The smallest absolute Gasteiger partial charge is 0.0443 e. The topological polar surface area (TPSA) is 29.3 Å². The summed E-state index contributed by atoms with van der Waals surface area (Å²) in [4.78, 5) is 2.39. The van der Waals surface area contributed by atoms with Gasteiger partial charge < -0.3 is 10.6 Å². The van der Waals surface area contributed by atoms with Crippen LogP contribution in [0.3, 0.4) is 0 Å². The maximum atomic E-state index is 5.75. The van der Waals surface area contributed by atoms with Crippen molar-refractivity contribution in [1.29, 1.82) is 0 Å². The molecule has 0 spiro atoms. The number of nitrogen functional groups attached to an aromatic ring is 1. The average molecular weight is 238 g/mol. The number of nitrogens with two attached hydrogens (primary N) is 1. The van der Waals surface area contributed by atoms with Gasteiger partial charge in [-0.15, -0.1) is 0 Å². The summed E-state index contributed by atoms with van der Waals surface area (Å²) in [7, 11) is 0. The summed E-state index contributed by atoms with van der Waals surface area (Å²) in [6, 6.07) is 14.9. The third kappa shape index (κ3) is 1.94. The number of hydrogen-bond acceptors (Lipinski definition) is 2. The number of fused-ring (bicyclic) bond motifs is 1. The van der Waals surface area contributed by atoms with E-state index < -0.39 is 0 Å². The Morgan fingerprint density at radius 3 is 2.61 bits per heavy atom. The highest BCUT2D eigenvalue weighted by atomic mass is 15.1. The van der Waals surface area contributed by atoms with Crippen LogP contribution >= 0.6 is 0 Å². The highest BCUT2D eigenvalue weighted by Gasteiger charge is 2.17. The summed E-state index contributed by atoms with van der Waals surface area (Å²) in [6.45, 7) is 3.24. The molecule has 1 aliphatic rings. The van der Waals surface area contributed by atoms with Crippen LogP contribution in [-0.2, 0) is 6.42 Å². The third-order valence-electron chi connectivity index (χ3n) is 3.56. The van der Waals surface area contributed by atoms with Crippen molar-refractivity contribution >= 4 is 17.1 Å². The Hall–Kier alpha value is -1.96. The van der Waals surface area contributed by atoms with Crippen molar-refractivity contribution in [2.24, 2.45) is 0 Å². The summed E-state index contributed by atoms with van der Waals surface area (Å²) in [5.74, 6) is 0. The van der Waals surface area contributed by atoms with E-state index in [1.165, 1.54) is 35.3 Å². The Kier molecular flexibility index (Phi) is 2.71. The van der Waals surface area contributed by atoms with Crippen LogP contribution in [0.4, 0.5) is 17.1 Å². The summed E-state index contributed by atoms with van der Waals surface area (Å²) >= 11 is 0. The molecule has 3 rings (SSSR count). The van der Waals surface area contributed by atoms with Crippen LogP contribution < -0.4 is 10.6 Å². The lowest BCUT2D eigenvalue weighted by Crippen LogP contribution is -2.24. The summed E-state index contributed by atoms with van der Waals surface area (Å²) in [5, 5.41) is 0. The average Bonchev–Trinajstić information content (AvgIpc) is 2.38. The van der Waals surface area contributed by atoms with E-state index in [2.05, 4.69) is 42.2 Å². The molecule has 1 heterocycles. The first kappa shape index (κ1) is 11.1. The molecule has 2 aromatic carbocycles. The second-order valence-electron chi connectivity index (χ2n) is 4.98. The fourth-order valence-electron chi connectivity index (χ4n) is 2.65. The summed E-state index contributed by atoms with van der Waals surface area (Å²) in [6.07, 6.45) is 2.39. The van der Waals surface area contributed by atoms with Crippen LogP contribution in [0.5, 0.6) is 0 Å². The Bertz CT molecular complexity index is 558. The minimum atomic E-state index is 0.819. The largest absolute Gasteiger partial charge is 0.399 e. The van der Waals surface area contributed by atoms with Gasteiger partial charge in [-0.1, -0.05) is 17.7 Å². The molecule has 2 aromatic rings. The van der Waals surface area contributed by atoms with Crippen LogP contribution in [0, 0.1) is 6.92 Å². The van der Waals surface area contributed by atoms with Gasteiger partial charge in [-0.05, 0) is 55.7 Å². The third-order valence-corrected chi connectivity index (χ3v) is 3.56. The van der Waals surface area contributed by atoms with Gasteiger partial charge in [-0.2, -0.15) is 0 Å². The normalized spacial score (nSPS) is 14.4. The Morgan fingerprint density at radius 1 is 1.06 bits per heavy atom. The van der Waals surface area contributed by atoms with Crippen LogP contribution in [-0.4, -0.2) is 6.54 Å². The van der Waals surface area contributed by atoms with Gasteiger partial charge in [0.05, 0.1) is 0 Å². The van der Waals surface area contributed by atoms with Crippen molar-refractivity contribution < 1.29 is 0 Å². The van der Waals surface area contributed by atoms with Gasteiger partial charge in [0.2, 0.25) is 0 Å². The molecule has 0 saturated carbocycles. The Morgan fingerprint density at radius 2 is 1.83 bits per heavy atom. The predicted octanol–water partition coefficient (Wildman–Crippen LogP) is 3.66. The zero-order chi connectivity index (χ0) is 12.5. The molecule has 0 aromatic heterocycles. The monoisotopic (exact) mass is 238 g/mol. The van der Waals surface area contributed by atoms with Crippen LogP contribution in [0.25, 0.3) is 0 Å². The zero-order valence-electron chi connectivity index (χ0n) is 10.7. The van der Waals surface area contributed by atoms with E-state index in [1.54, 1.807) is 0 Å². The zero-order valence-corrected chi connectivity index (χ0v) is 10.7. The molecule has 0 bridgehead atoms. The number of anilines is 3. The molecular formula is C16H18N2. The summed E-state index contributed by atoms with van der Waals surface area (Å²) in [5.41, 5.74) is 11.9. The van der Waals surface area contributed by atoms with E-state index in [4.69, 9.17) is 5.73 Å². The van der Waals surface area contributed by atoms with Gasteiger partial charge in [-0.3, -0.25) is 0 Å². The highest BCUT2D eigenvalue weighted by molar-refractivity contribution is 5.69. The Labute approximate surface area is 108 Å². The van der Waals surface area contributed by atoms with Crippen LogP contribution in [0.15, 0.2) is 42.5 Å². The fourth-order valence-corrected chi connectivity index (χ4v) is 2.65. The van der Waals surface area contributed by atoms with Gasteiger partial charge in [0, 0.05) is 23.6 Å². The first-order chi connectivity index (χ1) is 8.74. The first-order valence-corrected chi connectivity index (χ1v) is 6.47. The van der Waals surface area contributed by atoms with Gasteiger partial charge in [0.25, 0.3) is 0 Å². The van der Waals surface area contributed by atoms with Gasteiger partial charge in [0.1, 0.15) is 0 Å². The molecule has 0 saturated heterocycles. The van der Waals surface area contributed by atoms with E-state index >= 15 is 0 Å². The molecule has 0 unspecified atom stereocenters. The van der Waals surface area contributed by atoms with Crippen molar-refractivity contribution in [3.63, 3.8) is 0 Å². The summed E-state index contributed by atoms with van der Waals surface area (Å²) < 4.78 is 0. The van der Waals surface area contributed by atoms with E-state index in [0.717, 1.165) is 12.2 Å². The van der Waals surface area contributed by atoms with Crippen molar-refractivity contribution in [1.82, 2.24) is 0 Å². The van der Waals surface area contributed by atoms with Crippen LogP contribution in [0.1, 0.15) is 17.5 Å². The standard InChI is InChI=1S/C16H18N2/c1-12-4-9-16-13(11-12)3-2-10-18(16)15-7-5-14(17)6-8-15/h4-9,11H,2-3,10,17H2,1H3. The van der Waals surface area contributed by atoms with Crippen molar-refractivity contribution in [2.75, 3.05) is 17.2 Å². The highest BCUT2D eigenvalue weighted by Crippen LogP contribution is 2.34. The molecule has 0 amide bonds. The first-order valence-electron chi connectivity index (χ1n) is 6.47. The van der Waals surface area contributed by atoms with Gasteiger partial charge in [-0.25, -0.2) is 0 Å². The maximum Gasteiger partial charge on any atom is 0.0443 e. The van der Waals surface area contributed by atoms with E-state index in [9.17, 15) is 0 Å². The molecule has 2 heteroatoms. The molecular weight excluding hydrogens is 220 g/mol. The molecule has 0 atom stereocenters. The van der Waals surface area contributed by atoms with Crippen molar-refractivity contribution in [3.05, 3.63) is 53.6 Å². The number of rotatable bonds is 1. The number of aryl methyl sites for hydroxylation is 2. The van der Waals surface area contributed by atoms with Gasteiger partial charge >= 0.3 is 0 Å². The van der Waals surface area contributed by atoms with E-state index in [0.29, 0.717) is 0 Å². The predicted molar refractivity (Wildman–Crippen MR) is 77.4 cm³/mol. The molecule has 0 fully saturated rings. The Balaban J connectivity index is 2.03. The van der Waals surface area contributed by atoms with E-state index in [1.807, 2.05) is 12.1 Å². The molecule has 0 aliphatic carbocycles. The second-order valence-corrected chi connectivity index (χ2v) is 4.98. The molecule has 2 nitrogen and oxygen atoms in total. The lowest BCUT2D eigenvalue weighted by molar-refractivity contribution is 0.766. The molecule has 92 valence electrons. The molecule has 18 heavy (non-hydrogen) atoms. The van der Waals surface area contributed by atoms with Crippen molar-refractivity contribution in [2.45, 2.75) is 19.8 Å². The van der Waals surface area contributed by atoms with Gasteiger partial charge in [0.15, 0.2) is 0 Å². The number of hydrogen-bond donors (Lipinski definition) is 1. The molecule has 1 aliphatic heterocycles. The minimum Gasteiger partial charge on any atom is -0.399 e. The number of benzene rings is 2. The molecule has 2 N–H and O–H groups in total. The minimum absolute atomic E-state index is 0.819. The second kappa shape index (κ2) is 4.37. The maximum absolute atomic E-state index is 5.75. The van der Waals surface area contributed by atoms with Crippen LogP contribution in [0.2, 0.25) is 0 Å². The van der Waals surface area contributed by atoms with Crippen molar-refractivity contribution in [3.8, 4) is 0 Å². The van der Waals surface area contributed by atoms with E-state index in [-0.39, 0.29) is 0 Å². The fraction of sp³-hybridized carbons (Fsp3) is 0.250. The lowest BCUT2D eigenvalue weighted by atomic mass is 9.99. The SMILES string of the molecule is Cc1ccc2c(c1)CCCN2c1ccc(N)cc1. The lowest BCUT2D eigenvalue weighted by Gasteiger charge is -2.31.